The predicted molar refractivity (Wildman–Crippen MR) is 58.1 cm³/mol. The molecule has 0 aromatic rings. The molecule has 0 heterocycles. The Hall–Kier alpha value is -0.120. The Kier molecular flexibility index (Phi) is 7.23. The maximum atomic E-state index is 5.00. The monoisotopic (exact) mass is 187 g/mol. The molecule has 0 atom stereocenters. The molecule has 3 nitrogen and oxygen atoms in total. The maximum Gasteiger partial charge on any atom is 0.0220 e. The third-order valence-corrected chi connectivity index (χ3v) is 2.50. The molecule has 0 aromatic heterocycles. The van der Waals surface area contributed by atoms with Gasteiger partial charge in [-0.15, -0.1) is 0 Å². The Balaban J connectivity index is 0.000000252. The molecule has 0 aliphatic heterocycles. The molecule has 1 saturated carbocycles. The van der Waals surface area contributed by atoms with Crippen LogP contribution < -0.4 is 17.0 Å². The van der Waals surface area contributed by atoms with Crippen LogP contribution in [0.15, 0.2) is 0 Å². The summed E-state index contributed by atoms with van der Waals surface area (Å²) >= 11 is 0. The summed E-state index contributed by atoms with van der Waals surface area (Å²) in [6.07, 6.45) is 7.31. The minimum Gasteiger partial charge on any atom is -0.329 e. The van der Waals surface area contributed by atoms with Crippen molar-refractivity contribution in [3.05, 3.63) is 0 Å². The predicted octanol–water partition coefficient (Wildman–Crippen LogP) is 1.39. The molecule has 3 heteroatoms. The smallest absolute Gasteiger partial charge is 0.0220 e. The zero-order valence-corrected chi connectivity index (χ0v) is 9.10. The second-order valence-electron chi connectivity index (χ2n) is 4.47. The highest BCUT2D eigenvalue weighted by atomic mass is 15.2. The Morgan fingerprint density at radius 2 is 1.69 bits per heavy atom. The maximum absolute atomic E-state index is 5.00. The molecule has 1 aliphatic rings. The van der Waals surface area contributed by atoms with E-state index >= 15 is 0 Å². The van der Waals surface area contributed by atoms with Crippen molar-refractivity contribution in [2.45, 2.75) is 46.0 Å². The first-order valence-corrected chi connectivity index (χ1v) is 5.26. The fraction of sp³-hybridized carbons (Fsp3) is 1.00. The third kappa shape index (κ3) is 8.22. The van der Waals surface area contributed by atoms with Crippen molar-refractivity contribution in [3.63, 3.8) is 0 Å². The molecule has 1 fully saturated rings. The highest BCUT2D eigenvalue weighted by molar-refractivity contribution is 4.72. The van der Waals surface area contributed by atoms with Crippen molar-refractivity contribution in [1.29, 1.82) is 0 Å². The van der Waals surface area contributed by atoms with Crippen molar-refractivity contribution in [2.75, 3.05) is 13.1 Å². The largest absolute Gasteiger partial charge is 0.329 e. The summed E-state index contributed by atoms with van der Waals surface area (Å²) in [5.74, 6) is 4.81. The van der Waals surface area contributed by atoms with E-state index in [9.17, 15) is 0 Å². The van der Waals surface area contributed by atoms with Crippen LogP contribution in [-0.4, -0.2) is 13.1 Å². The summed E-state index contributed by atoms with van der Waals surface area (Å²) in [6.45, 7) is 6.06. The van der Waals surface area contributed by atoms with Gasteiger partial charge in [0, 0.05) is 13.1 Å². The van der Waals surface area contributed by atoms with E-state index in [1.54, 1.807) is 0 Å². The van der Waals surface area contributed by atoms with Crippen LogP contribution >= 0.6 is 0 Å². The first-order valence-electron chi connectivity index (χ1n) is 5.26. The van der Waals surface area contributed by atoms with Gasteiger partial charge in [0.25, 0.3) is 0 Å². The van der Waals surface area contributed by atoms with Crippen molar-refractivity contribution < 1.29 is 0 Å². The molecule has 0 spiro atoms. The van der Waals surface area contributed by atoms with E-state index in [0.717, 1.165) is 0 Å². The molecule has 13 heavy (non-hydrogen) atoms. The first kappa shape index (κ1) is 12.9. The van der Waals surface area contributed by atoms with Gasteiger partial charge in [-0.05, 0) is 18.3 Å². The topological polar surface area (TPSA) is 64.1 Å². The molecule has 0 aromatic carbocycles. The highest BCUT2D eigenvalue weighted by Crippen LogP contribution is 2.34. The summed E-state index contributed by atoms with van der Waals surface area (Å²) in [4.78, 5) is 0. The van der Waals surface area contributed by atoms with E-state index in [4.69, 9.17) is 11.6 Å². The molecular weight excluding hydrogens is 162 g/mol. The number of nitrogens with two attached hydrogens (primary N) is 2. The third-order valence-electron chi connectivity index (χ3n) is 2.50. The minimum atomic E-state index is 0.608. The van der Waals surface area contributed by atoms with Crippen LogP contribution in [0.5, 0.6) is 0 Å². The lowest BCUT2D eigenvalue weighted by molar-refractivity contribution is 0.244. The Morgan fingerprint density at radius 1 is 1.15 bits per heavy atom. The van der Waals surface area contributed by atoms with Crippen LogP contribution in [0, 0.1) is 5.41 Å². The average Bonchev–Trinajstić information content (AvgIpc) is 2.06. The van der Waals surface area contributed by atoms with Gasteiger partial charge in [0.2, 0.25) is 0 Å². The normalized spacial score (nSPS) is 20.3. The van der Waals surface area contributed by atoms with Gasteiger partial charge >= 0.3 is 0 Å². The molecule has 0 unspecified atom stereocenters. The second-order valence-corrected chi connectivity index (χ2v) is 4.47. The fourth-order valence-corrected chi connectivity index (χ4v) is 1.59. The van der Waals surface area contributed by atoms with Gasteiger partial charge in [-0.3, -0.25) is 11.3 Å². The molecule has 0 radical (unpaired) electrons. The van der Waals surface area contributed by atoms with Gasteiger partial charge in [-0.25, -0.2) is 0 Å². The van der Waals surface area contributed by atoms with Crippen LogP contribution in [0.2, 0.25) is 0 Å². The van der Waals surface area contributed by atoms with Gasteiger partial charge in [-0.2, -0.15) is 0 Å². The summed E-state index contributed by atoms with van der Waals surface area (Å²) in [6, 6.07) is 0. The van der Waals surface area contributed by atoms with Crippen LogP contribution in [0.1, 0.15) is 46.0 Å². The summed E-state index contributed by atoms with van der Waals surface area (Å²) in [7, 11) is 0. The quantitative estimate of drug-likeness (QED) is 0.452. The summed E-state index contributed by atoms with van der Waals surface area (Å²) < 4.78 is 0. The highest BCUT2D eigenvalue weighted by Gasteiger charge is 2.19. The molecule has 1 aliphatic carbocycles. The number of rotatable bonds is 2. The van der Waals surface area contributed by atoms with Crippen molar-refractivity contribution in [1.82, 2.24) is 5.43 Å². The summed E-state index contributed by atoms with van der Waals surface area (Å²) in [5.41, 5.74) is 8.07. The zero-order chi connectivity index (χ0) is 10.2. The Labute approximate surface area is 82.2 Å². The van der Waals surface area contributed by atoms with Gasteiger partial charge < -0.3 is 5.73 Å². The molecule has 0 amide bonds. The van der Waals surface area contributed by atoms with E-state index in [2.05, 4.69) is 19.3 Å². The van der Waals surface area contributed by atoms with E-state index in [0.29, 0.717) is 18.5 Å². The number of hydrazine groups is 1. The average molecular weight is 187 g/mol. The number of nitrogens with one attached hydrogen (secondary N) is 1. The fourth-order valence-electron chi connectivity index (χ4n) is 1.59. The van der Waals surface area contributed by atoms with E-state index in [1.165, 1.54) is 32.1 Å². The first-order chi connectivity index (χ1) is 6.12. The van der Waals surface area contributed by atoms with Crippen LogP contribution in [0.4, 0.5) is 0 Å². The lowest BCUT2D eigenvalue weighted by Crippen LogP contribution is -2.28. The van der Waals surface area contributed by atoms with Gasteiger partial charge in [0.05, 0.1) is 0 Å². The SMILES string of the molecule is CC1(C)CCCCC1.NCCNN. The lowest BCUT2D eigenvalue weighted by atomic mass is 9.78. The summed E-state index contributed by atoms with van der Waals surface area (Å²) in [5, 5.41) is 0. The molecule has 0 bridgehead atoms. The second kappa shape index (κ2) is 7.30. The van der Waals surface area contributed by atoms with Gasteiger partial charge in [0.1, 0.15) is 0 Å². The van der Waals surface area contributed by atoms with E-state index in [1.807, 2.05) is 0 Å². The van der Waals surface area contributed by atoms with Gasteiger partial charge in [0.15, 0.2) is 0 Å². The lowest BCUT2D eigenvalue weighted by Gasteiger charge is -2.28. The minimum absolute atomic E-state index is 0.608. The molecule has 80 valence electrons. The van der Waals surface area contributed by atoms with Crippen LogP contribution in [0.25, 0.3) is 0 Å². The zero-order valence-electron chi connectivity index (χ0n) is 9.10. The van der Waals surface area contributed by atoms with Crippen molar-refractivity contribution >= 4 is 0 Å². The van der Waals surface area contributed by atoms with Crippen LogP contribution in [0.3, 0.4) is 0 Å². The van der Waals surface area contributed by atoms with Crippen molar-refractivity contribution in [3.8, 4) is 0 Å². The number of hydrogen-bond donors (Lipinski definition) is 3. The number of hydrogen-bond acceptors (Lipinski definition) is 3. The molecule has 0 saturated heterocycles. The molecule has 1 rings (SSSR count). The standard InChI is InChI=1S/C8H16.C2H9N3/c1-8(2)6-4-3-5-7-8;3-1-2-5-4/h3-7H2,1-2H3;5H,1-4H2. The van der Waals surface area contributed by atoms with Gasteiger partial charge in [-0.1, -0.05) is 33.1 Å². The van der Waals surface area contributed by atoms with Crippen molar-refractivity contribution in [2.24, 2.45) is 17.0 Å². The van der Waals surface area contributed by atoms with E-state index < -0.39 is 0 Å². The molecule has 5 N–H and O–H groups in total. The van der Waals surface area contributed by atoms with Crippen LogP contribution in [-0.2, 0) is 0 Å². The Morgan fingerprint density at radius 3 is 1.85 bits per heavy atom. The molecular formula is C10H25N3. The Bertz CT molecular complexity index is 103. The van der Waals surface area contributed by atoms with E-state index in [-0.39, 0.29) is 0 Å².